The number of carbonyl (C=O) groups excluding carboxylic acids is 2. The van der Waals surface area contributed by atoms with E-state index < -0.39 is 11.9 Å². The number of hydrogen-bond acceptors (Lipinski definition) is 6. The van der Waals surface area contributed by atoms with E-state index in [0.717, 1.165) is 36.5 Å². The molecular weight excluding hydrogens is 490 g/mol. The van der Waals surface area contributed by atoms with Crippen LogP contribution in [0.25, 0.3) is 10.9 Å². The van der Waals surface area contributed by atoms with Crippen molar-refractivity contribution in [2.45, 2.75) is 89.3 Å². The molecule has 0 spiro atoms. The number of carbonyl (C=O) groups is 2. The van der Waals surface area contributed by atoms with Crippen LogP contribution in [0.3, 0.4) is 0 Å². The lowest BCUT2D eigenvalue weighted by Gasteiger charge is -2.60. The summed E-state index contributed by atoms with van der Waals surface area (Å²) in [7, 11) is 0. The van der Waals surface area contributed by atoms with Crippen molar-refractivity contribution < 1.29 is 9.59 Å². The van der Waals surface area contributed by atoms with E-state index in [4.69, 9.17) is 4.98 Å². The maximum Gasteiger partial charge on any atom is 0.264 e. The monoisotopic (exact) mass is 529 g/mol. The average molecular weight is 530 g/mol. The topological polar surface area (TPSA) is 87.5 Å². The minimum absolute atomic E-state index is 0.180. The third-order valence-corrected chi connectivity index (χ3v) is 11.4. The highest BCUT2D eigenvalue weighted by molar-refractivity contribution is 5.99. The fourth-order valence-electron chi connectivity index (χ4n) is 10.1. The van der Waals surface area contributed by atoms with Crippen molar-refractivity contribution in [1.29, 1.82) is 0 Å². The highest BCUT2D eigenvalue weighted by Gasteiger charge is 2.52. The molecule has 8 fully saturated rings. The molecule has 39 heavy (non-hydrogen) atoms. The van der Waals surface area contributed by atoms with Crippen LogP contribution in [0, 0.1) is 30.1 Å². The standard InChI is InChI=1S/C31H39N5O3/c1-18-32-24-3-2-4-25(28(24)30(39)36(18)26-5-6-27(37)33-29(26)38)34-16-22-12-23(17-34)35(22)8-7-31-13-19-9-20(14-31)11-21(10-19)15-31/h2-4,19-23,26H,5-17H2,1H3,(H,33,37,38)/t19?,20?,21?,22-,23-,26-,31?/m1/s1. The van der Waals surface area contributed by atoms with Crippen LogP contribution in [0.15, 0.2) is 23.0 Å². The first-order valence-electron chi connectivity index (χ1n) is 15.2. The molecule has 8 aliphatic rings. The number of aromatic nitrogens is 2. The lowest BCUT2D eigenvalue weighted by Crippen LogP contribution is -2.69. The highest BCUT2D eigenvalue weighted by Crippen LogP contribution is 2.61. The van der Waals surface area contributed by atoms with Crippen molar-refractivity contribution in [1.82, 2.24) is 19.8 Å². The number of fused-ring (bicyclic) bond motifs is 3. The summed E-state index contributed by atoms with van der Waals surface area (Å²) in [4.78, 5) is 48.2. The van der Waals surface area contributed by atoms with Gasteiger partial charge in [0.05, 0.1) is 16.6 Å². The van der Waals surface area contributed by atoms with E-state index in [1.54, 1.807) is 6.92 Å². The third kappa shape index (κ3) is 3.80. The van der Waals surface area contributed by atoms with Gasteiger partial charge >= 0.3 is 0 Å². The van der Waals surface area contributed by atoms with E-state index in [0.29, 0.717) is 40.6 Å². The van der Waals surface area contributed by atoms with Gasteiger partial charge in [-0.2, -0.15) is 0 Å². The van der Waals surface area contributed by atoms with Crippen molar-refractivity contribution in [2.24, 2.45) is 23.2 Å². The van der Waals surface area contributed by atoms with E-state index in [1.807, 2.05) is 18.2 Å². The van der Waals surface area contributed by atoms with Crippen LogP contribution >= 0.6 is 0 Å². The first-order chi connectivity index (χ1) is 18.9. The number of hydrogen-bond donors (Lipinski definition) is 1. The van der Waals surface area contributed by atoms with Gasteiger partial charge < -0.3 is 4.90 Å². The molecule has 5 heterocycles. The molecule has 1 aromatic carbocycles. The predicted molar refractivity (Wildman–Crippen MR) is 148 cm³/mol. The van der Waals surface area contributed by atoms with Crippen molar-refractivity contribution in [3.8, 4) is 0 Å². The molecule has 206 valence electrons. The second-order valence-electron chi connectivity index (χ2n) is 13.8. The lowest BCUT2D eigenvalue weighted by atomic mass is 9.49. The summed E-state index contributed by atoms with van der Waals surface area (Å²) in [5, 5.41) is 2.99. The first kappa shape index (κ1) is 24.1. The van der Waals surface area contributed by atoms with Crippen LogP contribution in [0.1, 0.15) is 76.1 Å². The molecule has 4 aliphatic heterocycles. The van der Waals surface area contributed by atoms with E-state index in [-0.39, 0.29) is 17.9 Å². The number of nitrogens with zero attached hydrogens (tertiary/aromatic N) is 4. The molecule has 8 heteroatoms. The predicted octanol–water partition coefficient (Wildman–Crippen LogP) is 3.55. The fraction of sp³-hybridized carbons (Fsp3) is 0.677. The zero-order chi connectivity index (χ0) is 26.5. The van der Waals surface area contributed by atoms with Crippen LogP contribution in [0.5, 0.6) is 0 Å². The molecule has 4 aliphatic carbocycles. The Morgan fingerprint density at radius 2 is 1.67 bits per heavy atom. The number of piperidine rings is 2. The molecule has 0 unspecified atom stereocenters. The number of benzene rings is 1. The third-order valence-electron chi connectivity index (χ3n) is 11.4. The number of aryl methyl sites for hydroxylation is 1. The molecule has 4 saturated heterocycles. The van der Waals surface area contributed by atoms with Gasteiger partial charge in [0, 0.05) is 31.6 Å². The molecule has 2 aromatic rings. The Morgan fingerprint density at radius 1 is 0.974 bits per heavy atom. The van der Waals surface area contributed by atoms with Crippen LogP contribution in [0.4, 0.5) is 5.69 Å². The molecule has 8 nitrogen and oxygen atoms in total. The maximum atomic E-state index is 13.9. The van der Waals surface area contributed by atoms with Gasteiger partial charge in [0.25, 0.3) is 5.56 Å². The van der Waals surface area contributed by atoms with Crippen molar-refractivity contribution >= 4 is 28.4 Å². The first-order valence-corrected chi connectivity index (χ1v) is 15.2. The molecule has 0 radical (unpaired) electrons. The van der Waals surface area contributed by atoms with Crippen molar-refractivity contribution in [2.75, 3.05) is 24.5 Å². The van der Waals surface area contributed by atoms with Gasteiger partial charge in [0.15, 0.2) is 0 Å². The molecule has 4 saturated carbocycles. The zero-order valence-electron chi connectivity index (χ0n) is 22.9. The van der Waals surface area contributed by atoms with Crippen molar-refractivity contribution in [3.63, 3.8) is 0 Å². The van der Waals surface area contributed by atoms with Gasteiger partial charge in [-0.1, -0.05) is 6.07 Å². The summed E-state index contributed by atoms with van der Waals surface area (Å²) in [6.07, 6.45) is 12.2. The SMILES string of the molecule is Cc1nc2cccc(N3C[C@H]4C[C@H](C3)N4CCC34CC5CC(CC(C5)C3)C4)c2c(=O)n1[C@@H]1CCC(=O)NC1=O. The molecule has 1 aromatic heterocycles. The number of anilines is 1. The van der Waals surface area contributed by atoms with E-state index >= 15 is 0 Å². The molecular formula is C31H39N5O3. The van der Waals surface area contributed by atoms with Crippen LogP contribution < -0.4 is 15.8 Å². The number of amides is 2. The molecule has 6 bridgehead atoms. The van der Waals surface area contributed by atoms with Gasteiger partial charge in [-0.25, -0.2) is 4.98 Å². The van der Waals surface area contributed by atoms with Gasteiger partial charge in [-0.05, 0) is 107 Å². The highest BCUT2D eigenvalue weighted by atomic mass is 16.2. The van der Waals surface area contributed by atoms with Gasteiger partial charge in [-0.15, -0.1) is 0 Å². The Hall–Kier alpha value is -2.74. The number of piperazine rings is 1. The molecule has 2 amide bonds. The van der Waals surface area contributed by atoms with Crippen molar-refractivity contribution in [3.05, 3.63) is 34.4 Å². The summed E-state index contributed by atoms with van der Waals surface area (Å²) >= 11 is 0. The molecule has 3 atom stereocenters. The minimum Gasteiger partial charge on any atom is -0.368 e. The largest absolute Gasteiger partial charge is 0.368 e. The lowest BCUT2D eigenvalue weighted by molar-refractivity contribution is -0.135. The summed E-state index contributed by atoms with van der Waals surface area (Å²) in [6, 6.07) is 6.32. The zero-order valence-corrected chi connectivity index (χ0v) is 22.9. The van der Waals surface area contributed by atoms with Gasteiger partial charge in [0.2, 0.25) is 11.8 Å². The summed E-state index contributed by atoms with van der Waals surface area (Å²) in [5.74, 6) is 2.85. The summed E-state index contributed by atoms with van der Waals surface area (Å²) in [5.41, 5.74) is 2.05. The second-order valence-corrected chi connectivity index (χ2v) is 13.8. The van der Waals surface area contributed by atoms with E-state index in [2.05, 4.69) is 15.1 Å². The second kappa shape index (κ2) is 8.63. The summed E-state index contributed by atoms with van der Waals surface area (Å²) < 4.78 is 1.51. The Labute approximate surface area is 229 Å². The summed E-state index contributed by atoms with van der Waals surface area (Å²) in [6.45, 7) is 4.87. The molecule has 1 N–H and O–H groups in total. The Morgan fingerprint density at radius 3 is 2.33 bits per heavy atom. The van der Waals surface area contributed by atoms with Crippen LogP contribution in [0.2, 0.25) is 0 Å². The van der Waals surface area contributed by atoms with Gasteiger partial charge in [0.1, 0.15) is 11.9 Å². The van der Waals surface area contributed by atoms with Crippen LogP contribution in [-0.2, 0) is 9.59 Å². The average Bonchev–Trinajstić information content (AvgIpc) is 2.88. The Balaban J connectivity index is 1.03. The quantitative estimate of drug-likeness (QED) is 0.596. The number of rotatable bonds is 5. The fourth-order valence-corrected chi connectivity index (χ4v) is 10.1. The smallest absolute Gasteiger partial charge is 0.264 e. The van der Waals surface area contributed by atoms with E-state index in [1.165, 1.54) is 62.5 Å². The normalized spacial score (nSPS) is 37.3. The number of nitrogens with one attached hydrogen (secondary N) is 1. The molecule has 10 rings (SSSR count). The van der Waals surface area contributed by atoms with E-state index in [9.17, 15) is 14.4 Å². The van der Waals surface area contributed by atoms with Gasteiger partial charge in [-0.3, -0.25) is 29.2 Å². The Bertz CT molecular complexity index is 1380. The number of imide groups is 1. The van der Waals surface area contributed by atoms with Crippen LogP contribution in [-0.4, -0.2) is 58.0 Å². The Kier molecular flexibility index (Phi) is 5.33. The maximum absolute atomic E-state index is 13.9. The minimum atomic E-state index is -0.699.